The number of nitrogens with zero attached hydrogens (tertiary/aromatic N) is 3. The zero-order valence-corrected chi connectivity index (χ0v) is 51.1. The third-order valence-electron chi connectivity index (χ3n) is 20.0. The maximum absolute atomic E-state index is 4.41. The number of allylic oxidation sites excluding steroid dienone is 4. The summed E-state index contributed by atoms with van der Waals surface area (Å²) < 4.78 is 8.20. The second-order valence-electron chi connectivity index (χ2n) is 25.9. The molecule has 5 heteroatoms. The molecule has 0 spiro atoms. The Hall–Kier alpha value is -11.1. The van der Waals surface area contributed by atoms with E-state index >= 15 is 0 Å². The van der Waals surface area contributed by atoms with Gasteiger partial charge in [-0.25, -0.2) is 0 Å². The molecule has 426 valence electrons. The quantitative estimate of drug-likeness (QED) is 0.0957. The summed E-state index contributed by atoms with van der Waals surface area (Å²) in [6.07, 6.45) is 5.95. The van der Waals surface area contributed by atoms with Crippen molar-refractivity contribution in [3.8, 4) is 61.3 Å². The first-order valence-electron chi connectivity index (χ1n) is 31.9. The highest BCUT2D eigenvalue weighted by molar-refractivity contribution is 7.04. The van der Waals surface area contributed by atoms with Crippen molar-refractivity contribution in [3.63, 3.8) is 0 Å². The van der Waals surface area contributed by atoms with E-state index in [1.807, 2.05) is 12.2 Å². The monoisotopic (exact) mass is 1160 g/mol. The summed E-state index contributed by atoms with van der Waals surface area (Å²) >= 11 is 0. The number of hydrogen-bond acceptors (Lipinski definition) is 0. The Morgan fingerprint density at radius 1 is 0.385 bits per heavy atom. The normalized spacial score (nSPS) is 12.9. The van der Waals surface area contributed by atoms with Gasteiger partial charge in [0, 0.05) is 21.8 Å². The number of para-hydroxylation sites is 2. The SMILES string of the molecule is C=C/C=C(\C=C)c1cc(-c2ccccc2)c(B2c3cc(C(C)(C)C)cc4c3-n3c5c2c2ccccc2n5c2c5cccc6cccc(c65)c2n2c5ccccc5c(c32)B4c2c(-c3ccccc3)cc(-c3ccccc3)cc2-c2ccccc2)c(-c2ccccc2)c1. The summed E-state index contributed by atoms with van der Waals surface area (Å²) in [5.74, 6) is 0. The molecule has 5 heterocycles. The van der Waals surface area contributed by atoms with E-state index in [4.69, 9.17) is 0 Å². The highest BCUT2D eigenvalue weighted by atomic mass is 15.2. The molecular weight excluding hydrogens is 1100 g/mol. The predicted octanol–water partition coefficient (Wildman–Crippen LogP) is 17.8. The number of hydrogen-bond donors (Lipinski definition) is 0. The Labute approximate surface area is 530 Å². The van der Waals surface area contributed by atoms with Crippen LogP contribution in [0.5, 0.6) is 0 Å². The van der Waals surface area contributed by atoms with Crippen LogP contribution in [0.2, 0.25) is 0 Å². The predicted molar refractivity (Wildman–Crippen MR) is 392 cm³/mol. The van der Waals surface area contributed by atoms with Crippen molar-refractivity contribution >= 4 is 117 Å². The second-order valence-corrected chi connectivity index (χ2v) is 25.9. The second kappa shape index (κ2) is 20.2. The third kappa shape index (κ3) is 7.71. The van der Waals surface area contributed by atoms with Gasteiger partial charge in [0.25, 0.3) is 13.4 Å². The molecule has 2 aliphatic heterocycles. The number of fused-ring (bicyclic) bond motifs is 11. The van der Waals surface area contributed by atoms with E-state index in [1.54, 1.807) is 0 Å². The Morgan fingerprint density at radius 2 is 0.769 bits per heavy atom. The number of aromatic nitrogens is 3. The van der Waals surface area contributed by atoms with Crippen LogP contribution < -0.4 is 32.8 Å². The van der Waals surface area contributed by atoms with Gasteiger partial charge in [-0.3, -0.25) is 13.4 Å². The van der Waals surface area contributed by atoms with Crippen molar-refractivity contribution < 1.29 is 0 Å². The van der Waals surface area contributed by atoms with Crippen molar-refractivity contribution in [2.24, 2.45) is 0 Å². The number of rotatable bonds is 10. The van der Waals surface area contributed by atoms with Gasteiger partial charge < -0.3 is 0 Å². The summed E-state index contributed by atoms with van der Waals surface area (Å²) in [7, 11) is 0. The van der Waals surface area contributed by atoms with Gasteiger partial charge in [0.2, 0.25) is 0 Å². The molecule has 16 aromatic rings. The molecule has 0 atom stereocenters. The first-order valence-corrected chi connectivity index (χ1v) is 31.9. The van der Waals surface area contributed by atoms with E-state index in [-0.39, 0.29) is 18.8 Å². The molecule has 0 aliphatic carbocycles. The van der Waals surface area contributed by atoms with Crippen molar-refractivity contribution in [2.45, 2.75) is 26.2 Å². The van der Waals surface area contributed by atoms with Crippen LogP contribution in [0.15, 0.2) is 304 Å². The Morgan fingerprint density at radius 3 is 1.18 bits per heavy atom. The van der Waals surface area contributed by atoms with Crippen molar-refractivity contribution in [1.29, 1.82) is 0 Å². The lowest BCUT2D eigenvalue weighted by molar-refractivity contribution is 0.591. The fourth-order valence-electron chi connectivity index (χ4n) is 16.2. The van der Waals surface area contributed by atoms with Gasteiger partial charge >= 0.3 is 0 Å². The van der Waals surface area contributed by atoms with E-state index in [0.717, 1.165) is 22.3 Å². The molecule has 3 aromatic heterocycles. The summed E-state index contributed by atoms with van der Waals surface area (Å²) in [6.45, 7) is 15.2. The Bertz CT molecular complexity index is 5640. The molecular formula is C86H61B2N3. The topological polar surface area (TPSA) is 13.8 Å². The summed E-state index contributed by atoms with van der Waals surface area (Å²) in [5.41, 5.74) is 30.9. The van der Waals surface area contributed by atoms with Crippen LogP contribution in [0.3, 0.4) is 0 Å². The minimum Gasteiger partial charge on any atom is -0.293 e. The molecule has 91 heavy (non-hydrogen) atoms. The highest BCUT2D eigenvalue weighted by Crippen LogP contribution is 2.45. The van der Waals surface area contributed by atoms with Crippen molar-refractivity contribution in [2.75, 3.05) is 0 Å². The molecule has 0 N–H and O–H groups in total. The lowest BCUT2D eigenvalue weighted by Crippen LogP contribution is -2.64. The third-order valence-corrected chi connectivity index (χ3v) is 20.0. The smallest absolute Gasteiger partial charge is 0.251 e. The van der Waals surface area contributed by atoms with Gasteiger partial charge in [-0.15, -0.1) is 0 Å². The molecule has 0 bridgehead atoms. The van der Waals surface area contributed by atoms with Crippen LogP contribution in [0.1, 0.15) is 31.9 Å². The summed E-state index contributed by atoms with van der Waals surface area (Å²) in [6, 6.07) is 103. The van der Waals surface area contributed by atoms with Crippen LogP contribution in [0.4, 0.5) is 0 Å². The summed E-state index contributed by atoms with van der Waals surface area (Å²) in [5, 5.41) is 7.46. The molecule has 0 unspecified atom stereocenters. The fraction of sp³-hybridized carbons (Fsp3) is 0.0465. The average Bonchev–Trinajstić information content (AvgIpc) is 1.52. The van der Waals surface area contributed by atoms with Crippen LogP contribution in [0.25, 0.3) is 133 Å². The first kappa shape index (κ1) is 52.9. The van der Waals surface area contributed by atoms with Crippen molar-refractivity contribution in [3.05, 3.63) is 315 Å². The maximum Gasteiger partial charge on any atom is 0.251 e. The molecule has 3 nitrogen and oxygen atoms in total. The van der Waals surface area contributed by atoms with Crippen LogP contribution in [0, 0.1) is 0 Å². The zero-order valence-electron chi connectivity index (χ0n) is 51.1. The van der Waals surface area contributed by atoms with Crippen LogP contribution in [-0.2, 0) is 5.41 Å². The van der Waals surface area contributed by atoms with E-state index in [0.29, 0.717) is 0 Å². The van der Waals surface area contributed by atoms with Gasteiger partial charge in [-0.2, -0.15) is 0 Å². The van der Waals surface area contributed by atoms with E-state index in [2.05, 4.69) is 326 Å². The highest BCUT2D eigenvalue weighted by Gasteiger charge is 2.47. The van der Waals surface area contributed by atoms with E-state index in [9.17, 15) is 0 Å². The van der Waals surface area contributed by atoms with E-state index < -0.39 is 0 Å². The van der Waals surface area contributed by atoms with Crippen molar-refractivity contribution in [1.82, 2.24) is 13.4 Å². The van der Waals surface area contributed by atoms with Crippen LogP contribution >= 0.6 is 0 Å². The minimum absolute atomic E-state index is 0.280. The van der Waals surface area contributed by atoms with Gasteiger partial charge in [0.1, 0.15) is 11.3 Å². The fourth-order valence-corrected chi connectivity index (χ4v) is 16.2. The minimum atomic E-state index is -0.312. The molecule has 0 radical (unpaired) electrons. The van der Waals surface area contributed by atoms with Crippen LogP contribution in [-0.4, -0.2) is 26.8 Å². The molecule has 18 rings (SSSR count). The zero-order chi connectivity index (χ0) is 60.8. The lowest BCUT2D eigenvalue weighted by Gasteiger charge is -2.38. The van der Waals surface area contributed by atoms with Gasteiger partial charge in [0.15, 0.2) is 0 Å². The molecule has 0 amide bonds. The number of benzene rings is 12. The Kier molecular flexibility index (Phi) is 11.8. The van der Waals surface area contributed by atoms with E-state index in [1.165, 1.54) is 154 Å². The Balaban J connectivity index is 1.15. The first-order chi connectivity index (χ1) is 44.8. The molecule has 0 fully saturated rings. The largest absolute Gasteiger partial charge is 0.293 e. The summed E-state index contributed by atoms with van der Waals surface area (Å²) in [4.78, 5) is 0. The van der Waals surface area contributed by atoms with Gasteiger partial charge in [-0.05, 0) is 152 Å². The molecule has 2 aliphatic rings. The lowest BCUT2D eigenvalue weighted by atomic mass is 9.29. The average molecular weight is 1160 g/mol. The molecule has 0 saturated carbocycles. The van der Waals surface area contributed by atoms with Gasteiger partial charge in [-0.1, -0.05) is 300 Å². The van der Waals surface area contributed by atoms with Gasteiger partial charge in [0.05, 0.1) is 22.1 Å². The molecule has 13 aromatic carbocycles. The molecule has 0 saturated heterocycles. The maximum atomic E-state index is 4.41. The standard InChI is InChI=1S/C86H61B2N3/c1-6-29-54(7-2)61-48-68(56-32-15-9-16-33-56)77(69(49-61)57-34-17-10-18-35-57)87-72-52-63(86(3,4)5)53-73-83(72)91-84-79(87)64-42-23-25-46-74(64)89(84)81-66-44-27-40-60-41-28-45-67(76(60)66)82(81)90-75-47-26-24-43-65(75)80(85(90)91)88(73)78-70(58-36-19-11-20-37-58)50-62(55-30-13-8-14-31-55)51-71(78)59-38-21-12-22-39-59/h6-53H,1-2H2,3-5H3/b54-29+.